The molecule has 0 atom stereocenters. The lowest BCUT2D eigenvalue weighted by Gasteiger charge is -2.09. The van der Waals surface area contributed by atoms with Gasteiger partial charge in [-0.1, -0.05) is 18.2 Å². The number of carbonyl (C=O) groups excluding carboxylic acids is 2. The summed E-state index contributed by atoms with van der Waals surface area (Å²) in [5, 5.41) is 24.6. The molecule has 0 aliphatic carbocycles. The lowest BCUT2D eigenvalue weighted by molar-refractivity contribution is -0.137. The lowest BCUT2D eigenvalue weighted by atomic mass is 10.1. The zero-order valence-corrected chi connectivity index (χ0v) is 16.4. The van der Waals surface area contributed by atoms with Crippen molar-refractivity contribution in [2.75, 3.05) is 17.2 Å². The minimum atomic E-state index is -0.980. The molecule has 0 bridgehead atoms. The third-order valence-electron chi connectivity index (χ3n) is 4.31. The highest BCUT2D eigenvalue weighted by atomic mass is 16.4. The topological polar surface area (TPSA) is 171 Å². The third-order valence-corrected chi connectivity index (χ3v) is 4.31. The maximum absolute atomic E-state index is 12.5. The van der Waals surface area contributed by atoms with Gasteiger partial charge < -0.3 is 31.2 Å². The standard InChI is InChI=1S/C21H21N5O5/c22-21(23)25-13-5-3-4-12(10-13)20(30)24-11-17(27)26-19-14-6-1-2-7-15(14)31-16(19)8-9-18(28)29/h1-7,10H,8-9,11H2,(H,24,30)(H,26,27)(H,28,29)(H4,22,23,25). The van der Waals surface area contributed by atoms with Gasteiger partial charge >= 0.3 is 5.97 Å². The predicted octanol–water partition coefficient (Wildman–Crippen LogP) is 2.12. The Balaban J connectivity index is 1.67. The van der Waals surface area contributed by atoms with Crippen LogP contribution in [-0.2, 0) is 16.0 Å². The Morgan fingerprint density at radius 3 is 2.58 bits per heavy atom. The van der Waals surface area contributed by atoms with Crippen molar-refractivity contribution in [2.24, 2.45) is 5.73 Å². The first-order chi connectivity index (χ1) is 14.8. The number of aliphatic carboxylic acids is 1. The Kier molecular flexibility index (Phi) is 6.51. The summed E-state index contributed by atoms with van der Waals surface area (Å²) in [6.45, 7) is -0.304. The van der Waals surface area contributed by atoms with Gasteiger partial charge in [-0.2, -0.15) is 0 Å². The fraction of sp³-hybridized carbons (Fsp3) is 0.143. The van der Waals surface area contributed by atoms with Gasteiger partial charge in [-0.3, -0.25) is 19.8 Å². The first kappa shape index (κ1) is 21.4. The van der Waals surface area contributed by atoms with E-state index in [1.54, 1.807) is 42.5 Å². The minimum absolute atomic E-state index is 0.113. The summed E-state index contributed by atoms with van der Waals surface area (Å²) in [5.74, 6) is -1.86. The average molecular weight is 423 g/mol. The van der Waals surface area contributed by atoms with Crippen LogP contribution in [0.1, 0.15) is 22.5 Å². The molecule has 160 valence electrons. The van der Waals surface area contributed by atoms with E-state index in [-0.39, 0.29) is 30.9 Å². The zero-order chi connectivity index (χ0) is 22.4. The number of rotatable bonds is 8. The number of hydrogen-bond donors (Lipinski definition) is 6. The van der Waals surface area contributed by atoms with Crippen LogP contribution >= 0.6 is 0 Å². The molecule has 0 fully saturated rings. The molecule has 0 saturated heterocycles. The number of benzene rings is 2. The maximum atomic E-state index is 12.5. The third kappa shape index (κ3) is 5.60. The van der Waals surface area contributed by atoms with Crippen molar-refractivity contribution in [3.63, 3.8) is 0 Å². The second kappa shape index (κ2) is 9.44. The Morgan fingerprint density at radius 2 is 1.84 bits per heavy atom. The number of amides is 2. The Morgan fingerprint density at radius 1 is 1.06 bits per heavy atom. The van der Waals surface area contributed by atoms with E-state index in [1.807, 2.05) is 0 Å². The van der Waals surface area contributed by atoms with Crippen LogP contribution in [0.4, 0.5) is 11.4 Å². The molecule has 10 heteroatoms. The van der Waals surface area contributed by atoms with E-state index >= 15 is 0 Å². The van der Waals surface area contributed by atoms with Gasteiger partial charge in [0.15, 0.2) is 5.96 Å². The first-order valence-corrected chi connectivity index (χ1v) is 9.35. The van der Waals surface area contributed by atoms with Gasteiger partial charge in [-0.15, -0.1) is 0 Å². The van der Waals surface area contributed by atoms with Gasteiger partial charge in [0.2, 0.25) is 5.91 Å². The van der Waals surface area contributed by atoms with Crippen molar-refractivity contribution >= 4 is 46.1 Å². The SMILES string of the molecule is N=C(N)Nc1cccc(C(=O)NCC(=O)Nc2c(CCC(=O)O)oc3ccccc23)c1. The molecule has 1 aromatic heterocycles. The van der Waals surface area contributed by atoms with Crippen LogP contribution in [0.15, 0.2) is 52.9 Å². The largest absolute Gasteiger partial charge is 0.481 e. The second-order valence-electron chi connectivity index (χ2n) is 6.64. The summed E-state index contributed by atoms with van der Waals surface area (Å²) in [7, 11) is 0. The normalized spacial score (nSPS) is 10.5. The second-order valence-corrected chi connectivity index (χ2v) is 6.64. The van der Waals surface area contributed by atoms with Gasteiger partial charge in [-0.25, -0.2) is 0 Å². The predicted molar refractivity (Wildman–Crippen MR) is 115 cm³/mol. The van der Waals surface area contributed by atoms with Gasteiger partial charge in [0, 0.05) is 23.1 Å². The molecular weight excluding hydrogens is 402 g/mol. The summed E-state index contributed by atoms with van der Waals surface area (Å²) in [6, 6.07) is 13.4. The molecule has 0 aliphatic rings. The Bertz CT molecular complexity index is 1150. The monoisotopic (exact) mass is 423 g/mol. The molecule has 3 rings (SSSR count). The fourth-order valence-corrected chi connectivity index (χ4v) is 2.97. The van der Waals surface area contributed by atoms with Crippen LogP contribution in [0.3, 0.4) is 0 Å². The lowest BCUT2D eigenvalue weighted by Crippen LogP contribution is -2.33. The number of nitrogens with two attached hydrogens (primary N) is 1. The number of carbonyl (C=O) groups is 3. The number of aryl methyl sites for hydroxylation is 1. The van der Waals surface area contributed by atoms with E-state index in [0.29, 0.717) is 28.1 Å². The van der Waals surface area contributed by atoms with Crippen LogP contribution < -0.4 is 21.7 Å². The van der Waals surface area contributed by atoms with Crippen LogP contribution in [0.2, 0.25) is 0 Å². The van der Waals surface area contributed by atoms with E-state index in [9.17, 15) is 14.4 Å². The van der Waals surface area contributed by atoms with E-state index in [1.165, 1.54) is 6.07 Å². The summed E-state index contributed by atoms with van der Waals surface area (Å²) >= 11 is 0. The molecule has 0 spiro atoms. The molecule has 0 saturated carbocycles. The summed E-state index contributed by atoms with van der Waals surface area (Å²) in [6.07, 6.45) is -0.0357. The highest BCUT2D eigenvalue weighted by Gasteiger charge is 2.18. The molecule has 0 unspecified atom stereocenters. The molecule has 31 heavy (non-hydrogen) atoms. The quantitative estimate of drug-likeness (QED) is 0.238. The van der Waals surface area contributed by atoms with E-state index in [2.05, 4.69) is 16.0 Å². The number of carboxylic acids is 1. The van der Waals surface area contributed by atoms with Crippen LogP contribution in [0, 0.1) is 5.41 Å². The zero-order valence-electron chi connectivity index (χ0n) is 16.4. The van der Waals surface area contributed by atoms with Crippen molar-refractivity contribution in [3.8, 4) is 0 Å². The number of guanidine groups is 1. The van der Waals surface area contributed by atoms with Gasteiger partial charge in [0.1, 0.15) is 11.3 Å². The van der Waals surface area contributed by atoms with Crippen molar-refractivity contribution in [1.29, 1.82) is 5.41 Å². The van der Waals surface area contributed by atoms with Gasteiger partial charge in [0.25, 0.3) is 5.91 Å². The summed E-state index contributed by atoms with van der Waals surface area (Å²) in [4.78, 5) is 35.7. The molecule has 7 N–H and O–H groups in total. The Hall–Kier alpha value is -4.34. The van der Waals surface area contributed by atoms with Crippen LogP contribution in [-0.4, -0.2) is 35.4 Å². The first-order valence-electron chi connectivity index (χ1n) is 9.35. The summed E-state index contributed by atoms with van der Waals surface area (Å²) < 4.78 is 5.69. The van der Waals surface area contributed by atoms with Crippen molar-refractivity contribution in [2.45, 2.75) is 12.8 Å². The molecule has 0 radical (unpaired) electrons. The highest BCUT2D eigenvalue weighted by Crippen LogP contribution is 2.31. The molecule has 3 aromatic rings. The maximum Gasteiger partial charge on any atom is 0.303 e. The molecular formula is C21H21N5O5. The van der Waals surface area contributed by atoms with E-state index in [0.717, 1.165) is 0 Å². The van der Waals surface area contributed by atoms with Gasteiger partial charge in [0.05, 0.1) is 18.7 Å². The molecule has 2 amide bonds. The minimum Gasteiger partial charge on any atom is -0.481 e. The van der Waals surface area contributed by atoms with Crippen LogP contribution in [0.5, 0.6) is 0 Å². The molecule has 2 aromatic carbocycles. The number of para-hydroxylation sites is 1. The number of anilines is 2. The number of furan rings is 1. The smallest absolute Gasteiger partial charge is 0.303 e. The van der Waals surface area contributed by atoms with Crippen molar-refractivity contribution in [3.05, 3.63) is 59.9 Å². The Labute approximate surface area is 176 Å². The molecule has 1 heterocycles. The number of carboxylic acid groups (broad SMARTS) is 1. The van der Waals surface area contributed by atoms with Crippen molar-refractivity contribution < 1.29 is 23.9 Å². The number of nitrogens with one attached hydrogen (secondary N) is 4. The van der Waals surface area contributed by atoms with Gasteiger partial charge in [-0.05, 0) is 30.3 Å². The fourth-order valence-electron chi connectivity index (χ4n) is 2.97. The number of fused-ring (bicyclic) bond motifs is 1. The van der Waals surface area contributed by atoms with Crippen LogP contribution in [0.25, 0.3) is 11.0 Å². The van der Waals surface area contributed by atoms with E-state index < -0.39 is 17.8 Å². The molecule has 0 aliphatic heterocycles. The summed E-state index contributed by atoms with van der Waals surface area (Å²) in [5.41, 5.74) is 6.96. The average Bonchev–Trinajstić information content (AvgIpc) is 3.07. The highest BCUT2D eigenvalue weighted by molar-refractivity contribution is 6.05. The number of hydrogen-bond acceptors (Lipinski definition) is 5. The van der Waals surface area contributed by atoms with Crippen molar-refractivity contribution in [1.82, 2.24) is 5.32 Å². The molecule has 10 nitrogen and oxygen atoms in total. The van der Waals surface area contributed by atoms with E-state index in [4.69, 9.17) is 20.7 Å².